The summed E-state index contributed by atoms with van der Waals surface area (Å²) in [7, 11) is 0. The number of benzene rings is 1. The molecule has 0 radical (unpaired) electrons. The number of hydrogen-bond donors (Lipinski definition) is 1. The first-order chi connectivity index (χ1) is 10.4. The summed E-state index contributed by atoms with van der Waals surface area (Å²) in [4.78, 5) is 5.63. The van der Waals surface area contributed by atoms with E-state index in [0.29, 0.717) is 6.04 Å². The zero-order valence-corrected chi connectivity index (χ0v) is 13.1. The molecule has 0 aliphatic rings. The normalized spacial score (nSPS) is 12.6. The lowest BCUT2D eigenvalue weighted by Crippen LogP contribution is -2.20. The lowest BCUT2D eigenvalue weighted by molar-refractivity contribution is 0.501. The molecule has 21 heavy (non-hydrogen) atoms. The summed E-state index contributed by atoms with van der Waals surface area (Å²) >= 11 is 1.84. The Morgan fingerprint density at radius 3 is 2.95 bits per heavy atom. The number of pyridine rings is 1. The molecule has 1 unspecified atom stereocenters. The van der Waals surface area contributed by atoms with E-state index in [4.69, 9.17) is 0 Å². The van der Waals surface area contributed by atoms with Gasteiger partial charge in [-0.1, -0.05) is 37.6 Å². The van der Waals surface area contributed by atoms with E-state index in [1.54, 1.807) is 0 Å². The fourth-order valence-electron chi connectivity index (χ4n) is 2.70. The Balaban J connectivity index is 1.78. The third-order valence-corrected chi connectivity index (χ3v) is 4.76. The van der Waals surface area contributed by atoms with Crippen LogP contribution in [0.1, 0.15) is 36.2 Å². The third-order valence-electron chi connectivity index (χ3n) is 3.77. The smallest absolute Gasteiger partial charge is 0.0417 e. The number of fused-ring (bicyclic) bond motifs is 1. The molecule has 0 fully saturated rings. The van der Waals surface area contributed by atoms with Gasteiger partial charge in [0, 0.05) is 35.2 Å². The van der Waals surface area contributed by atoms with Gasteiger partial charge in [0.15, 0.2) is 0 Å². The van der Waals surface area contributed by atoms with E-state index in [9.17, 15) is 0 Å². The zero-order valence-electron chi connectivity index (χ0n) is 12.3. The van der Waals surface area contributed by atoms with Crippen LogP contribution in [0.3, 0.4) is 0 Å². The molecule has 0 amide bonds. The Hall–Kier alpha value is -1.71. The maximum absolute atomic E-state index is 4.20. The van der Waals surface area contributed by atoms with Crippen molar-refractivity contribution in [3.05, 3.63) is 64.6 Å². The van der Waals surface area contributed by atoms with Gasteiger partial charge in [0.05, 0.1) is 0 Å². The van der Waals surface area contributed by atoms with Crippen molar-refractivity contribution >= 4 is 22.1 Å². The molecular weight excluding hydrogens is 276 g/mol. The molecule has 2 nitrogen and oxygen atoms in total. The van der Waals surface area contributed by atoms with Crippen LogP contribution in [0, 0.1) is 0 Å². The minimum absolute atomic E-state index is 0.451. The van der Waals surface area contributed by atoms with Crippen molar-refractivity contribution in [3.8, 4) is 0 Å². The van der Waals surface area contributed by atoms with E-state index >= 15 is 0 Å². The van der Waals surface area contributed by atoms with Crippen molar-refractivity contribution in [3.63, 3.8) is 0 Å². The summed E-state index contributed by atoms with van der Waals surface area (Å²) in [5.41, 5.74) is 1.34. The summed E-state index contributed by atoms with van der Waals surface area (Å²) in [6.45, 7) is 3.13. The number of aromatic nitrogens is 1. The summed E-state index contributed by atoms with van der Waals surface area (Å²) in [6.07, 6.45) is 6.16. The average molecular weight is 296 g/mol. The van der Waals surface area contributed by atoms with Crippen molar-refractivity contribution in [1.82, 2.24) is 10.3 Å². The molecule has 1 aromatic carbocycles. The molecule has 0 saturated carbocycles. The van der Waals surface area contributed by atoms with Gasteiger partial charge in [0.25, 0.3) is 0 Å². The van der Waals surface area contributed by atoms with Crippen LogP contribution in [0.2, 0.25) is 0 Å². The van der Waals surface area contributed by atoms with Crippen LogP contribution in [0.25, 0.3) is 10.8 Å². The predicted molar refractivity (Wildman–Crippen MR) is 90.6 cm³/mol. The maximum Gasteiger partial charge on any atom is 0.0417 e. The molecule has 0 aliphatic heterocycles. The van der Waals surface area contributed by atoms with Gasteiger partial charge in [-0.25, -0.2) is 0 Å². The quantitative estimate of drug-likeness (QED) is 0.698. The standard InChI is InChI=1S/C18H20N2S/c1-2-5-17(18-8-4-11-21-18)20-13-15-7-3-6-14-12-19-10-9-16(14)15/h3-4,6-12,17,20H,2,5,13H2,1H3. The van der Waals surface area contributed by atoms with Crippen LogP contribution >= 0.6 is 11.3 Å². The number of nitrogens with one attached hydrogen (secondary N) is 1. The Morgan fingerprint density at radius 2 is 2.14 bits per heavy atom. The molecule has 0 bridgehead atoms. The van der Waals surface area contributed by atoms with Gasteiger partial charge in [0.2, 0.25) is 0 Å². The summed E-state index contributed by atoms with van der Waals surface area (Å²) < 4.78 is 0. The third kappa shape index (κ3) is 3.31. The van der Waals surface area contributed by atoms with Crippen LogP contribution in [-0.4, -0.2) is 4.98 Å². The SMILES string of the molecule is CCCC(NCc1cccc2cnccc12)c1cccs1. The first-order valence-electron chi connectivity index (χ1n) is 7.47. The highest BCUT2D eigenvalue weighted by Crippen LogP contribution is 2.24. The van der Waals surface area contributed by atoms with Crippen LogP contribution in [-0.2, 0) is 6.54 Å². The van der Waals surface area contributed by atoms with Crippen molar-refractivity contribution in [2.75, 3.05) is 0 Å². The molecular formula is C18H20N2S. The Labute approximate surface area is 129 Å². The predicted octanol–water partition coefficient (Wildman–Crippen LogP) is 4.93. The van der Waals surface area contributed by atoms with E-state index in [-0.39, 0.29) is 0 Å². The molecule has 3 heteroatoms. The second-order valence-corrected chi connectivity index (χ2v) is 6.23. The summed E-state index contributed by atoms with van der Waals surface area (Å²) in [6, 6.07) is 13.3. The lowest BCUT2D eigenvalue weighted by atomic mass is 10.1. The zero-order chi connectivity index (χ0) is 14.5. The average Bonchev–Trinajstić information content (AvgIpc) is 3.05. The van der Waals surface area contributed by atoms with Gasteiger partial charge < -0.3 is 5.32 Å². The van der Waals surface area contributed by atoms with Crippen LogP contribution < -0.4 is 5.32 Å². The number of rotatable bonds is 6. The number of nitrogens with zero attached hydrogens (tertiary/aromatic N) is 1. The first-order valence-corrected chi connectivity index (χ1v) is 8.35. The second-order valence-electron chi connectivity index (χ2n) is 5.25. The molecule has 1 atom stereocenters. The molecule has 0 aliphatic carbocycles. The molecule has 2 heterocycles. The highest BCUT2D eigenvalue weighted by atomic mass is 32.1. The molecule has 0 spiro atoms. The van der Waals surface area contributed by atoms with E-state index < -0.39 is 0 Å². The van der Waals surface area contributed by atoms with E-state index in [1.807, 2.05) is 23.7 Å². The monoisotopic (exact) mass is 296 g/mol. The maximum atomic E-state index is 4.20. The van der Waals surface area contributed by atoms with Crippen molar-refractivity contribution in [2.45, 2.75) is 32.4 Å². The van der Waals surface area contributed by atoms with Crippen molar-refractivity contribution < 1.29 is 0 Å². The highest BCUT2D eigenvalue weighted by molar-refractivity contribution is 7.10. The second kappa shape index (κ2) is 6.83. The number of thiophene rings is 1. The van der Waals surface area contributed by atoms with E-state index in [0.717, 1.165) is 6.54 Å². The first kappa shape index (κ1) is 14.2. The van der Waals surface area contributed by atoms with E-state index in [1.165, 1.54) is 34.1 Å². The summed E-state index contributed by atoms with van der Waals surface area (Å²) in [5.74, 6) is 0. The van der Waals surface area contributed by atoms with Gasteiger partial charge in [-0.3, -0.25) is 4.98 Å². The Morgan fingerprint density at radius 1 is 1.19 bits per heavy atom. The van der Waals surface area contributed by atoms with Gasteiger partial charge >= 0.3 is 0 Å². The minimum atomic E-state index is 0.451. The Kier molecular flexibility index (Phi) is 4.63. The highest BCUT2D eigenvalue weighted by Gasteiger charge is 2.11. The van der Waals surface area contributed by atoms with Gasteiger partial charge in [0.1, 0.15) is 0 Å². The van der Waals surface area contributed by atoms with Gasteiger partial charge in [-0.2, -0.15) is 0 Å². The Bertz CT molecular complexity index is 686. The van der Waals surface area contributed by atoms with Gasteiger partial charge in [-0.05, 0) is 34.9 Å². The summed E-state index contributed by atoms with van der Waals surface area (Å²) in [5, 5.41) is 8.38. The van der Waals surface area contributed by atoms with Crippen molar-refractivity contribution in [1.29, 1.82) is 0 Å². The molecule has 108 valence electrons. The van der Waals surface area contributed by atoms with Crippen molar-refractivity contribution in [2.24, 2.45) is 0 Å². The largest absolute Gasteiger partial charge is 0.305 e. The van der Waals surface area contributed by atoms with Crippen LogP contribution in [0.4, 0.5) is 0 Å². The topological polar surface area (TPSA) is 24.9 Å². The molecule has 0 saturated heterocycles. The molecule has 3 rings (SSSR count). The van der Waals surface area contributed by atoms with Gasteiger partial charge in [-0.15, -0.1) is 11.3 Å². The van der Waals surface area contributed by atoms with E-state index in [2.05, 4.69) is 59.0 Å². The minimum Gasteiger partial charge on any atom is -0.305 e. The lowest BCUT2D eigenvalue weighted by Gasteiger charge is -2.17. The fraction of sp³-hybridized carbons (Fsp3) is 0.278. The molecule has 3 aromatic rings. The molecule has 1 N–H and O–H groups in total. The van der Waals surface area contributed by atoms with Crippen LogP contribution in [0.5, 0.6) is 0 Å². The fourth-order valence-corrected chi connectivity index (χ4v) is 3.54. The molecule has 2 aromatic heterocycles. The number of hydrogen-bond acceptors (Lipinski definition) is 3. The van der Waals surface area contributed by atoms with Crippen LogP contribution in [0.15, 0.2) is 54.2 Å².